The summed E-state index contributed by atoms with van der Waals surface area (Å²) in [7, 11) is 0. The number of carbonyl (C=O) groups is 1. The lowest BCUT2D eigenvalue weighted by atomic mass is 10.1. The molecule has 172 valence electrons. The van der Waals surface area contributed by atoms with Crippen LogP contribution >= 0.6 is 0 Å². The fraction of sp³-hybridized carbons (Fsp3) is 0.391. The highest BCUT2D eigenvalue weighted by molar-refractivity contribution is 5.94. The summed E-state index contributed by atoms with van der Waals surface area (Å²) >= 11 is 0. The second-order valence-electron chi connectivity index (χ2n) is 7.89. The number of carbonyl (C=O) groups excluding carboxylic acids is 1. The average Bonchev–Trinajstić information content (AvgIpc) is 2.73. The van der Waals surface area contributed by atoms with Crippen LogP contribution in [0.1, 0.15) is 39.5 Å². The molecular formula is C23H33N7O2. The maximum atomic E-state index is 12.2. The van der Waals surface area contributed by atoms with Crippen molar-refractivity contribution in [3.63, 3.8) is 0 Å². The maximum absolute atomic E-state index is 12.2. The van der Waals surface area contributed by atoms with Crippen molar-refractivity contribution in [2.45, 2.75) is 45.6 Å². The van der Waals surface area contributed by atoms with Gasteiger partial charge in [0, 0.05) is 6.42 Å². The van der Waals surface area contributed by atoms with Gasteiger partial charge in [0.15, 0.2) is 11.6 Å². The predicted octanol–water partition coefficient (Wildman–Crippen LogP) is 4.41. The number of nitrogens with zero attached hydrogens (tertiary/aromatic N) is 3. The largest absolute Gasteiger partial charge is 0.460 e. The molecule has 2 aromatic rings. The van der Waals surface area contributed by atoms with Gasteiger partial charge in [0.2, 0.25) is 5.91 Å². The molecular weight excluding hydrogens is 406 g/mol. The van der Waals surface area contributed by atoms with Crippen LogP contribution in [0.4, 0.5) is 23.0 Å². The number of aromatic nitrogens is 1. The summed E-state index contributed by atoms with van der Waals surface area (Å²) in [5, 5.41) is 11.1. The van der Waals surface area contributed by atoms with Crippen molar-refractivity contribution >= 4 is 28.9 Å². The van der Waals surface area contributed by atoms with Crippen molar-refractivity contribution in [3.05, 3.63) is 48.7 Å². The fourth-order valence-corrected chi connectivity index (χ4v) is 2.87. The highest BCUT2D eigenvalue weighted by Gasteiger charge is 2.14. The molecule has 1 aromatic carbocycles. The van der Waals surface area contributed by atoms with Crippen LogP contribution < -0.4 is 27.3 Å². The third-order valence-corrected chi connectivity index (χ3v) is 4.48. The second kappa shape index (κ2) is 12.5. The van der Waals surface area contributed by atoms with Crippen LogP contribution in [0.3, 0.4) is 0 Å². The average molecular weight is 440 g/mol. The summed E-state index contributed by atoms with van der Waals surface area (Å²) in [5.41, 5.74) is 18.3. The van der Waals surface area contributed by atoms with Crippen LogP contribution in [0.25, 0.3) is 0 Å². The number of anilines is 2. The monoisotopic (exact) mass is 439 g/mol. The third-order valence-electron chi connectivity index (χ3n) is 4.48. The molecule has 9 heteroatoms. The zero-order valence-corrected chi connectivity index (χ0v) is 18.8. The molecule has 1 amide bonds. The molecule has 1 heterocycles. The molecule has 0 radical (unpaired) electrons. The summed E-state index contributed by atoms with van der Waals surface area (Å²) in [5.74, 6) is 1.75. The van der Waals surface area contributed by atoms with E-state index in [0.717, 1.165) is 19.3 Å². The number of amides is 1. The number of allylic oxidation sites excluding steroid dienone is 1. The minimum Gasteiger partial charge on any atom is -0.460 e. The highest BCUT2D eigenvalue weighted by atomic mass is 16.5. The molecule has 0 aliphatic carbocycles. The van der Waals surface area contributed by atoms with Crippen LogP contribution in [-0.2, 0) is 4.79 Å². The Balaban J connectivity index is 2.05. The lowest BCUT2D eigenvalue weighted by molar-refractivity contribution is -0.117. The molecule has 7 N–H and O–H groups in total. The van der Waals surface area contributed by atoms with Gasteiger partial charge in [-0.1, -0.05) is 39.0 Å². The fourth-order valence-electron chi connectivity index (χ4n) is 2.87. The Morgan fingerprint density at radius 1 is 1.16 bits per heavy atom. The summed E-state index contributed by atoms with van der Waals surface area (Å²) in [6.45, 7) is 8.72. The molecule has 9 nitrogen and oxygen atoms in total. The Morgan fingerprint density at radius 3 is 2.56 bits per heavy atom. The van der Waals surface area contributed by atoms with Gasteiger partial charge in [-0.3, -0.25) is 4.79 Å². The summed E-state index contributed by atoms with van der Waals surface area (Å²) in [6.07, 6.45) is 2.91. The van der Waals surface area contributed by atoms with Crippen molar-refractivity contribution in [1.29, 1.82) is 0 Å². The Labute approximate surface area is 189 Å². The number of ether oxygens (including phenoxy) is 1. The van der Waals surface area contributed by atoms with E-state index in [2.05, 4.69) is 41.0 Å². The molecule has 0 fully saturated rings. The molecule has 0 saturated carbocycles. The molecule has 0 aliphatic rings. The molecule has 0 saturated heterocycles. The number of hydrogen-bond acceptors (Lipinski definition) is 8. The number of pyridine rings is 1. The van der Waals surface area contributed by atoms with E-state index in [-0.39, 0.29) is 11.7 Å². The van der Waals surface area contributed by atoms with Crippen LogP contribution in [0.5, 0.6) is 5.75 Å². The van der Waals surface area contributed by atoms with Gasteiger partial charge in [-0.2, -0.15) is 0 Å². The van der Waals surface area contributed by atoms with Gasteiger partial charge in [-0.25, -0.2) is 4.98 Å². The van der Waals surface area contributed by atoms with E-state index in [1.54, 1.807) is 24.3 Å². The van der Waals surface area contributed by atoms with Gasteiger partial charge in [0.25, 0.3) is 0 Å². The minimum atomic E-state index is -0.633. The highest BCUT2D eigenvalue weighted by Crippen LogP contribution is 2.32. The summed E-state index contributed by atoms with van der Waals surface area (Å²) in [4.78, 5) is 16.4. The number of hydrogen-bond donors (Lipinski definition) is 4. The number of rotatable bonds is 12. The van der Waals surface area contributed by atoms with Crippen LogP contribution in [0.15, 0.2) is 59.0 Å². The summed E-state index contributed by atoms with van der Waals surface area (Å²) in [6, 6.07) is 9.87. The van der Waals surface area contributed by atoms with Gasteiger partial charge >= 0.3 is 0 Å². The Kier molecular flexibility index (Phi) is 9.77. The molecule has 0 spiro atoms. The predicted molar refractivity (Wildman–Crippen MR) is 128 cm³/mol. The van der Waals surface area contributed by atoms with Crippen LogP contribution in [0, 0.1) is 5.92 Å². The number of unbranched alkanes of at least 4 members (excludes halogenated alkanes) is 1. The quantitative estimate of drug-likeness (QED) is 0.218. The number of benzene rings is 1. The lowest BCUT2D eigenvalue weighted by Gasteiger charge is -2.12. The lowest BCUT2D eigenvalue weighted by Crippen LogP contribution is -2.35. The van der Waals surface area contributed by atoms with E-state index in [9.17, 15) is 4.79 Å². The third kappa shape index (κ3) is 8.09. The molecule has 2 rings (SSSR count). The molecule has 1 atom stereocenters. The number of para-hydroxylation sites is 1. The van der Waals surface area contributed by atoms with Gasteiger partial charge in [-0.05, 0) is 49.6 Å². The van der Waals surface area contributed by atoms with Crippen LogP contribution in [0.2, 0.25) is 0 Å². The van der Waals surface area contributed by atoms with E-state index in [1.807, 2.05) is 12.1 Å². The van der Waals surface area contributed by atoms with Gasteiger partial charge in [0.1, 0.15) is 17.2 Å². The van der Waals surface area contributed by atoms with Crippen molar-refractivity contribution in [1.82, 2.24) is 4.98 Å². The maximum Gasteiger partial charge on any atom is 0.242 e. The first kappa shape index (κ1) is 25.0. The molecule has 0 bridgehead atoms. The first-order valence-corrected chi connectivity index (χ1v) is 10.7. The molecule has 1 aromatic heterocycles. The number of azo groups is 1. The Hall–Kier alpha value is -3.30. The number of nitrogen functional groups attached to an aromatic ring is 1. The zero-order valence-electron chi connectivity index (χ0n) is 18.8. The molecule has 0 aliphatic heterocycles. The van der Waals surface area contributed by atoms with Gasteiger partial charge in [0.05, 0.1) is 11.8 Å². The van der Waals surface area contributed by atoms with Gasteiger partial charge in [-0.15, -0.1) is 10.2 Å². The smallest absolute Gasteiger partial charge is 0.242 e. The van der Waals surface area contributed by atoms with Gasteiger partial charge < -0.3 is 27.3 Å². The van der Waals surface area contributed by atoms with E-state index in [4.69, 9.17) is 21.9 Å². The van der Waals surface area contributed by atoms with Crippen molar-refractivity contribution in [3.8, 4) is 5.75 Å². The van der Waals surface area contributed by atoms with E-state index in [1.165, 1.54) is 0 Å². The summed E-state index contributed by atoms with van der Waals surface area (Å²) < 4.78 is 5.83. The minimum absolute atomic E-state index is 0.130. The SMILES string of the molecule is C=C(CC(C)C)Oc1ccccc1N=Nc1ccc(NC(=O)[C@@H](N)CCCCN)nc1N. The van der Waals surface area contributed by atoms with Crippen molar-refractivity contribution in [2.75, 3.05) is 17.6 Å². The van der Waals surface area contributed by atoms with Crippen molar-refractivity contribution in [2.24, 2.45) is 27.6 Å². The van der Waals surface area contributed by atoms with E-state index < -0.39 is 6.04 Å². The normalized spacial score (nSPS) is 12.2. The van der Waals surface area contributed by atoms with Crippen LogP contribution in [-0.4, -0.2) is 23.5 Å². The topological polar surface area (TPSA) is 154 Å². The Bertz CT molecular complexity index is 944. The zero-order chi connectivity index (χ0) is 23.5. The number of nitrogens with one attached hydrogen (secondary N) is 1. The second-order valence-corrected chi connectivity index (χ2v) is 7.89. The molecule has 32 heavy (non-hydrogen) atoms. The van der Waals surface area contributed by atoms with E-state index in [0.29, 0.717) is 47.6 Å². The Morgan fingerprint density at radius 2 is 1.88 bits per heavy atom. The molecule has 0 unspecified atom stereocenters. The first-order valence-electron chi connectivity index (χ1n) is 10.7. The first-order chi connectivity index (χ1) is 15.3. The van der Waals surface area contributed by atoms with E-state index >= 15 is 0 Å². The van der Waals surface area contributed by atoms with Crippen molar-refractivity contribution < 1.29 is 9.53 Å². The number of nitrogens with two attached hydrogens (primary N) is 3. The standard InChI is InChI=1S/C23H33N7O2/c1-15(2)14-16(3)32-20-10-5-4-9-18(20)29-30-19-11-12-21(27-22(19)26)28-23(31)17(25)8-6-7-13-24/h4-5,9-12,15,17H,3,6-8,13-14,24-25H2,1-2H3,(H3,26,27,28,31)/t17-/m0/s1.